The van der Waals surface area contributed by atoms with Crippen LogP contribution in [0, 0.1) is 5.82 Å². The summed E-state index contributed by atoms with van der Waals surface area (Å²) >= 11 is 10.6. The van der Waals surface area contributed by atoms with Crippen LogP contribution in [-0.4, -0.2) is 13.2 Å². The number of hydrogen-bond acceptors (Lipinski definition) is 5. The maximum absolute atomic E-state index is 12.9. The number of azo groups is 1. The van der Waals surface area contributed by atoms with Crippen molar-refractivity contribution in [2.45, 2.75) is 51.4 Å². The Morgan fingerprint density at radius 2 is 1.16 bits per heavy atom. The lowest BCUT2D eigenvalue weighted by Gasteiger charge is -2.06. The maximum Gasteiger partial charge on any atom is 0.380 e. The molecule has 2 aromatic rings. The molecule has 0 aliphatic carbocycles. The summed E-state index contributed by atoms with van der Waals surface area (Å²) in [5.74, 6) is 0.512. The van der Waals surface area contributed by atoms with Crippen LogP contribution in [0.2, 0.25) is 0 Å². The van der Waals surface area contributed by atoms with E-state index in [2.05, 4.69) is 10.2 Å². The standard InChI is InChI=1S/C22H28Cl2FN2O3P/c23-31(24,28)30-18-8-6-4-2-1-3-5-7-17-29-22-15-13-21(14-16-22)27-26-20-11-9-19(25)10-12-20/h9-16H,1-8,17-18H2. The van der Waals surface area contributed by atoms with Crippen LogP contribution in [0.15, 0.2) is 58.8 Å². The first-order valence-corrected chi connectivity index (χ1v) is 13.9. The highest BCUT2D eigenvalue weighted by atomic mass is 35.9. The quantitative estimate of drug-likeness (QED) is 0.142. The summed E-state index contributed by atoms with van der Waals surface area (Å²) in [5, 5.41) is 8.21. The molecule has 0 aromatic heterocycles. The minimum Gasteiger partial charge on any atom is -0.494 e. The Bertz CT molecular complexity index is 830. The molecule has 0 fully saturated rings. The molecule has 170 valence electrons. The van der Waals surface area contributed by atoms with Crippen LogP contribution in [0.1, 0.15) is 51.4 Å². The SMILES string of the molecule is O=P(Cl)(Cl)OCCCCCCCCCCOc1ccc(N=Nc2ccc(F)cc2)cc1. The minimum absolute atomic E-state index is 0.295. The second-order valence-electron chi connectivity index (χ2n) is 7.09. The van der Waals surface area contributed by atoms with Crippen LogP contribution in [0.3, 0.4) is 0 Å². The number of ether oxygens (including phenoxy) is 1. The summed E-state index contributed by atoms with van der Waals surface area (Å²) in [7, 11) is 0. The zero-order valence-electron chi connectivity index (χ0n) is 17.4. The number of nitrogens with zero attached hydrogens (tertiary/aromatic N) is 2. The Hall–Kier alpha value is -1.46. The predicted octanol–water partition coefficient (Wildman–Crippen LogP) is 9.34. The summed E-state index contributed by atoms with van der Waals surface area (Å²) in [6, 6.07) is 13.3. The Kier molecular flexibility index (Phi) is 12.1. The first kappa shape index (κ1) is 25.8. The van der Waals surface area contributed by atoms with Gasteiger partial charge in [0.25, 0.3) is 0 Å². The van der Waals surface area contributed by atoms with Crippen LogP contribution >= 0.6 is 28.6 Å². The summed E-state index contributed by atoms with van der Waals surface area (Å²) in [5.41, 5.74) is 1.31. The minimum atomic E-state index is -3.37. The first-order valence-electron chi connectivity index (χ1n) is 10.5. The Morgan fingerprint density at radius 3 is 1.68 bits per heavy atom. The second kappa shape index (κ2) is 14.6. The van der Waals surface area contributed by atoms with Gasteiger partial charge in [0.05, 0.1) is 24.6 Å². The first-order chi connectivity index (χ1) is 14.9. The third kappa shape index (κ3) is 12.9. The Labute approximate surface area is 193 Å². The van der Waals surface area contributed by atoms with Gasteiger partial charge >= 0.3 is 6.07 Å². The molecule has 0 heterocycles. The van der Waals surface area contributed by atoms with Crippen molar-refractivity contribution in [3.63, 3.8) is 0 Å². The van der Waals surface area contributed by atoms with Crippen molar-refractivity contribution in [2.24, 2.45) is 10.2 Å². The van der Waals surface area contributed by atoms with Gasteiger partial charge in [0.1, 0.15) is 11.6 Å². The summed E-state index contributed by atoms with van der Waals surface area (Å²) < 4.78 is 34.4. The van der Waals surface area contributed by atoms with Crippen LogP contribution in [0.25, 0.3) is 0 Å². The molecule has 9 heteroatoms. The van der Waals surface area contributed by atoms with Gasteiger partial charge in [0, 0.05) is 0 Å². The van der Waals surface area contributed by atoms with E-state index in [0.29, 0.717) is 24.6 Å². The van der Waals surface area contributed by atoms with Crippen molar-refractivity contribution in [2.75, 3.05) is 13.2 Å². The van der Waals surface area contributed by atoms with E-state index in [1.54, 1.807) is 12.1 Å². The average molecular weight is 489 g/mol. The van der Waals surface area contributed by atoms with Crippen molar-refractivity contribution in [3.05, 3.63) is 54.3 Å². The molecule has 0 atom stereocenters. The zero-order chi connectivity index (χ0) is 22.4. The van der Waals surface area contributed by atoms with Gasteiger partial charge in [0.2, 0.25) is 0 Å². The lowest BCUT2D eigenvalue weighted by atomic mass is 10.1. The molecule has 0 unspecified atom stereocenters. The molecule has 0 saturated carbocycles. The third-order valence-corrected chi connectivity index (χ3v) is 5.56. The highest BCUT2D eigenvalue weighted by molar-refractivity contribution is 8.05. The summed E-state index contributed by atoms with van der Waals surface area (Å²) in [4.78, 5) is 0. The van der Waals surface area contributed by atoms with Gasteiger partial charge in [0.15, 0.2) is 0 Å². The van der Waals surface area contributed by atoms with E-state index in [1.165, 1.54) is 31.4 Å². The van der Waals surface area contributed by atoms with Gasteiger partial charge in [-0.25, -0.2) is 4.39 Å². The molecule has 0 bridgehead atoms. The maximum atomic E-state index is 12.9. The number of rotatable bonds is 15. The number of hydrogen-bond donors (Lipinski definition) is 0. The van der Waals surface area contributed by atoms with E-state index >= 15 is 0 Å². The number of unbranched alkanes of at least 4 members (excludes halogenated alkanes) is 7. The van der Waals surface area contributed by atoms with Crippen molar-refractivity contribution in [1.82, 2.24) is 0 Å². The van der Waals surface area contributed by atoms with Crippen LogP contribution in [0.5, 0.6) is 5.75 Å². The molecule has 0 amide bonds. The molecular weight excluding hydrogens is 461 g/mol. The van der Waals surface area contributed by atoms with Crippen LogP contribution in [-0.2, 0) is 9.09 Å². The van der Waals surface area contributed by atoms with Gasteiger partial charge in [-0.15, -0.1) is 0 Å². The Morgan fingerprint density at radius 1 is 0.710 bits per heavy atom. The lowest BCUT2D eigenvalue weighted by Crippen LogP contribution is -1.97. The monoisotopic (exact) mass is 488 g/mol. The highest BCUT2D eigenvalue weighted by Crippen LogP contribution is 2.57. The number of benzene rings is 2. The van der Waals surface area contributed by atoms with Gasteiger partial charge < -0.3 is 9.26 Å². The average Bonchev–Trinajstić information content (AvgIpc) is 2.74. The third-order valence-electron chi connectivity index (χ3n) is 4.49. The summed E-state index contributed by atoms with van der Waals surface area (Å²) in [6.45, 7) is 1.03. The van der Waals surface area contributed by atoms with E-state index in [4.69, 9.17) is 31.7 Å². The van der Waals surface area contributed by atoms with Crippen LogP contribution in [0.4, 0.5) is 15.8 Å². The molecule has 31 heavy (non-hydrogen) atoms. The molecule has 5 nitrogen and oxygen atoms in total. The van der Waals surface area contributed by atoms with Crippen molar-refractivity contribution >= 4 is 39.9 Å². The molecule has 0 spiro atoms. The van der Waals surface area contributed by atoms with Crippen molar-refractivity contribution in [1.29, 1.82) is 0 Å². The smallest absolute Gasteiger partial charge is 0.380 e. The second-order valence-corrected chi connectivity index (χ2v) is 11.4. The molecule has 0 aliphatic rings. The summed E-state index contributed by atoms with van der Waals surface area (Å²) in [6.07, 6.45) is 5.30. The van der Waals surface area contributed by atoms with Gasteiger partial charge in [-0.2, -0.15) is 10.2 Å². The normalized spacial score (nSPS) is 11.8. The number of halogens is 3. The molecule has 0 saturated heterocycles. The molecule has 0 N–H and O–H groups in total. The lowest BCUT2D eigenvalue weighted by molar-refractivity contribution is 0.303. The molecule has 0 radical (unpaired) electrons. The van der Waals surface area contributed by atoms with Crippen molar-refractivity contribution < 1.29 is 18.2 Å². The highest BCUT2D eigenvalue weighted by Gasteiger charge is 2.12. The molecular formula is C22H28Cl2FN2O3P. The fraction of sp³-hybridized carbons (Fsp3) is 0.455. The van der Waals surface area contributed by atoms with E-state index in [1.807, 2.05) is 24.3 Å². The van der Waals surface area contributed by atoms with Crippen LogP contribution < -0.4 is 4.74 Å². The fourth-order valence-electron chi connectivity index (χ4n) is 2.86. The van der Waals surface area contributed by atoms with Gasteiger partial charge in [-0.3, -0.25) is 4.57 Å². The van der Waals surface area contributed by atoms with Gasteiger partial charge in [-0.1, -0.05) is 38.5 Å². The topological polar surface area (TPSA) is 60.2 Å². The Balaban J connectivity index is 1.48. The molecule has 0 aliphatic heterocycles. The fourth-order valence-corrected chi connectivity index (χ4v) is 3.61. The largest absolute Gasteiger partial charge is 0.494 e. The van der Waals surface area contributed by atoms with E-state index in [9.17, 15) is 8.96 Å². The predicted molar refractivity (Wildman–Crippen MR) is 125 cm³/mol. The van der Waals surface area contributed by atoms with E-state index in [-0.39, 0.29) is 5.82 Å². The van der Waals surface area contributed by atoms with E-state index in [0.717, 1.165) is 37.9 Å². The zero-order valence-corrected chi connectivity index (χ0v) is 19.8. The van der Waals surface area contributed by atoms with Gasteiger partial charge in [-0.05, 0) is 83.9 Å². The molecule has 2 rings (SSSR count). The van der Waals surface area contributed by atoms with Crippen molar-refractivity contribution in [3.8, 4) is 5.75 Å². The molecule has 2 aromatic carbocycles. The van der Waals surface area contributed by atoms with E-state index < -0.39 is 6.07 Å².